The lowest BCUT2D eigenvalue weighted by atomic mass is 10.1. The van der Waals surface area contributed by atoms with Crippen molar-refractivity contribution in [1.82, 2.24) is 14.7 Å². The van der Waals surface area contributed by atoms with Crippen LogP contribution in [0.2, 0.25) is 0 Å². The monoisotopic (exact) mass is 480 g/mol. The lowest BCUT2D eigenvalue weighted by Gasteiger charge is -2.09. The van der Waals surface area contributed by atoms with Crippen LogP contribution in [0.4, 0.5) is 5.69 Å². The molecule has 0 spiro atoms. The smallest absolute Gasteiger partial charge is 0.291 e. The number of carbonyl (C=O) groups excluding carboxylic acids is 2. The first-order chi connectivity index (χ1) is 17.5. The van der Waals surface area contributed by atoms with E-state index in [4.69, 9.17) is 9.15 Å². The molecule has 0 atom stereocenters. The number of ether oxygens (including phenoxy) is 1. The fourth-order valence-electron chi connectivity index (χ4n) is 3.78. The van der Waals surface area contributed by atoms with Crippen LogP contribution in [0.15, 0.2) is 95.9 Å². The van der Waals surface area contributed by atoms with E-state index in [0.29, 0.717) is 30.2 Å². The van der Waals surface area contributed by atoms with Gasteiger partial charge in [0, 0.05) is 30.2 Å². The summed E-state index contributed by atoms with van der Waals surface area (Å²) in [4.78, 5) is 29.4. The Labute approximate surface area is 207 Å². The number of rotatable bonds is 8. The molecule has 8 nitrogen and oxygen atoms in total. The van der Waals surface area contributed by atoms with E-state index in [9.17, 15) is 9.59 Å². The summed E-state index contributed by atoms with van der Waals surface area (Å²) in [7, 11) is 0. The van der Waals surface area contributed by atoms with Gasteiger partial charge >= 0.3 is 0 Å². The molecule has 2 N–H and O–H groups in total. The number of nitrogens with one attached hydrogen (secondary N) is 2. The van der Waals surface area contributed by atoms with Gasteiger partial charge in [0.05, 0.1) is 12.0 Å². The third-order valence-electron chi connectivity index (χ3n) is 5.61. The molecule has 0 unspecified atom stereocenters. The number of aryl methyl sites for hydroxylation is 1. The minimum absolute atomic E-state index is 0.206. The van der Waals surface area contributed by atoms with Gasteiger partial charge in [0.25, 0.3) is 11.8 Å². The number of nitrogens with zero attached hydrogens (tertiary/aromatic N) is 2. The molecule has 0 aliphatic rings. The average molecular weight is 481 g/mol. The van der Waals surface area contributed by atoms with Crippen LogP contribution in [-0.2, 0) is 13.2 Å². The van der Waals surface area contributed by atoms with Crippen molar-refractivity contribution in [2.24, 2.45) is 0 Å². The molecule has 0 bridgehead atoms. The Hall–Kier alpha value is -4.85. The van der Waals surface area contributed by atoms with Gasteiger partial charge < -0.3 is 24.2 Å². The maximum absolute atomic E-state index is 12.6. The third kappa shape index (κ3) is 5.28. The van der Waals surface area contributed by atoms with Gasteiger partial charge in [0.1, 0.15) is 18.0 Å². The normalized spacial score (nSPS) is 10.8. The number of benzene rings is 2. The molecule has 0 fully saturated rings. The maximum Gasteiger partial charge on any atom is 0.291 e. The largest absolute Gasteiger partial charge is 0.487 e. The van der Waals surface area contributed by atoms with Crippen LogP contribution < -0.4 is 15.4 Å². The second kappa shape index (κ2) is 10.2. The predicted molar refractivity (Wildman–Crippen MR) is 135 cm³/mol. The molecule has 36 heavy (non-hydrogen) atoms. The lowest BCUT2D eigenvalue weighted by molar-refractivity contribution is 0.0949. The SMILES string of the molecule is Cc1cccn2cc(COc3ccc(C(=O)NCc4cccc(NC(=O)c5ccco5)c4)cc3)nc12. The summed E-state index contributed by atoms with van der Waals surface area (Å²) in [6.07, 6.45) is 5.35. The molecule has 5 rings (SSSR count). The number of carbonyl (C=O) groups is 2. The van der Waals surface area contributed by atoms with Crippen molar-refractivity contribution in [1.29, 1.82) is 0 Å². The zero-order valence-electron chi connectivity index (χ0n) is 19.6. The average Bonchev–Trinajstić information content (AvgIpc) is 3.58. The van der Waals surface area contributed by atoms with Gasteiger partial charge in [0.2, 0.25) is 0 Å². The second-order valence-corrected chi connectivity index (χ2v) is 8.28. The first-order valence-electron chi connectivity index (χ1n) is 11.4. The number of hydrogen-bond acceptors (Lipinski definition) is 5. The van der Waals surface area contributed by atoms with E-state index in [1.807, 2.05) is 48.0 Å². The molecule has 5 aromatic rings. The number of amides is 2. The van der Waals surface area contributed by atoms with Crippen LogP contribution in [0.25, 0.3) is 5.65 Å². The molecule has 3 aromatic heterocycles. The molecule has 3 heterocycles. The number of imidazole rings is 1. The molecule has 0 aliphatic carbocycles. The first kappa shape index (κ1) is 22.9. The number of fused-ring (bicyclic) bond motifs is 1. The van der Waals surface area contributed by atoms with Crippen LogP contribution in [0.1, 0.15) is 37.7 Å². The highest BCUT2D eigenvalue weighted by Crippen LogP contribution is 2.17. The van der Waals surface area contributed by atoms with Gasteiger partial charge in [-0.3, -0.25) is 9.59 Å². The minimum Gasteiger partial charge on any atom is -0.487 e. The van der Waals surface area contributed by atoms with Crippen LogP contribution >= 0.6 is 0 Å². The fourth-order valence-corrected chi connectivity index (χ4v) is 3.78. The first-order valence-corrected chi connectivity index (χ1v) is 11.4. The van der Waals surface area contributed by atoms with E-state index in [1.54, 1.807) is 48.5 Å². The summed E-state index contributed by atoms with van der Waals surface area (Å²) >= 11 is 0. The quantitative estimate of drug-likeness (QED) is 0.326. The number of hydrogen-bond donors (Lipinski definition) is 2. The zero-order chi connectivity index (χ0) is 24.9. The van der Waals surface area contributed by atoms with Crippen molar-refractivity contribution in [2.45, 2.75) is 20.1 Å². The minimum atomic E-state index is -0.334. The molecular formula is C28H24N4O4. The van der Waals surface area contributed by atoms with E-state index in [2.05, 4.69) is 15.6 Å². The number of pyridine rings is 1. The van der Waals surface area contributed by atoms with Crippen LogP contribution in [0.5, 0.6) is 5.75 Å². The molecular weight excluding hydrogens is 456 g/mol. The molecule has 8 heteroatoms. The van der Waals surface area contributed by atoms with Crippen molar-refractivity contribution in [3.63, 3.8) is 0 Å². The van der Waals surface area contributed by atoms with Gasteiger partial charge in [-0.1, -0.05) is 18.2 Å². The summed E-state index contributed by atoms with van der Waals surface area (Å²) in [6.45, 7) is 2.67. The highest BCUT2D eigenvalue weighted by atomic mass is 16.5. The van der Waals surface area contributed by atoms with Gasteiger partial charge in [-0.15, -0.1) is 0 Å². The summed E-state index contributed by atoms with van der Waals surface area (Å²) in [5.74, 6) is 0.345. The Bertz CT molecular complexity index is 1500. The highest BCUT2D eigenvalue weighted by molar-refractivity contribution is 6.02. The van der Waals surface area contributed by atoms with E-state index < -0.39 is 0 Å². The van der Waals surface area contributed by atoms with Crippen molar-refractivity contribution in [3.8, 4) is 5.75 Å². The molecule has 0 radical (unpaired) electrons. The predicted octanol–water partition coefficient (Wildman–Crippen LogP) is 5.00. The number of aromatic nitrogens is 2. The fraction of sp³-hybridized carbons (Fsp3) is 0.107. The molecule has 0 saturated heterocycles. The van der Waals surface area contributed by atoms with Gasteiger partial charge in [-0.2, -0.15) is 0 Å². The third-order valence-corrected chi connectivity index (χ3v) is 5.61. The van der Waals surface area contributed by atoms with Gasteiger partial charge in [-0.05, 0) is 72.6 Å². The van der Waals surface area contributed by atoms with Crippen LogP contribution in [0.3, 0.4) is 0 Å². The van der Waals surface area contributed by atoms with E-state index in [0.717, 1.165) is 22.5 Å². The summed E-state index contributed by atoms with van der Waals surface area (Å²) in [5.41, 5.74) is 4.83. The Morgan fingerprint density at radius 3 is 2.64 bits per heavy atom. The standard InChI is InChI=1S/C28H24N4O4/c1-19-5-3-13-32-17-23(30-26(19)32)18-36-24-11-9-21(10-12-24)27(33)29-16-20-6-2-7-22(15-20)31-28(34)25-8-4-14-35-25/h2-15,17H,16,18H2,1H3,(H,29,33)(H,31,34). The van der Waals surface area contributed by atoms with E-state index >= 15 is 0 Å². The zero-order valence-corrected chi connectivity index (χ0v) is 19.6. The number of furan rings is 1. The Morgan fingerprint density at radius 2 is 1.86 bits per heavy atom. The summed E-state index contributed by atoms with van der Waals surface area (Å²) in [6, 6.07) is 21.5. The molecule has 2 aromatic carbocycles. The highest BCUT2D eigenvalue weighted by Gasteiger charge is 2.10. The second-order valence-electron chi connectivity index (χ2n) is 8.28. The molecule has 0 aliphatic heterocycles. The number of anilines is 1. The van der Waals surface area contributed by atoms with E-state index in [1.165, 1.54) is 6.26 Å². The topological polar surface area (TPSA) is 97.9 Å². The molecule has 180 valence electrons. The van der Waals surface area contributed by atoms with Crippen molar-refractivity contribution < 1.29 is 18.7 Å². The van der Waals surface area contributed by atoms with Gasteiger partial charge in [0.15, 0.2) is 5.76 Å². The van der Waals surface area contributed by atoms with Crippen molar-refractivity contribution >= 4 is 23.1 Å². The molecule has 0 saturated carbocycles. The maximum atomic E-state index is 12.6. The Balaban J connectivity index is 1.14. The van der Waals surface area contributed by atoms with Crippen LogP contribution in [-0.4, -0.2) is 21.2 Å². The van der Waals surface area contributed by atoms with Crippen molar-refractivity contribution in [3.05, 3.63) is 120 Å². The van der Waals surface area contributed by atoms with E-state index in [-0.39, 0.29) is 17.6 Å². The van der Waals surface area contributed by atoms with Crippen molar-refractivity contribution in [2.75, 3.05) is 5.32 Å². The summed E-state index contributed by atoms with van der Waals surface area (Å²) < 4.78 is 12.9. The summed E-state index contributed by atoms with van der Waals surface area (Å²) in [5, 5.41) is 5.68. The Kier molecular flexibility index (Phi) is 6.48. The molecule has 2 amide bonds. The van der Waals surface area contributed by atoms with Gasteiger partial charge in [-0.25, -0.2) is 4.98 Å². The lowest BCUT2D eigenvalue weighted by Crippen LogP contribution is -2.22. The Morgan fingerprint density at radius 1 is 1.00 bits per heavy atom. The van der Waals surface area contributed by atoms with Crippen LogP contribution in [0, 0.1) is 6.92 Å².